The summed E-state index contributed by atoms with van der Waals surface area (Å²) in [5.41, 5.74) is 0.426. The van der Waals surface area contributed by atoms with Gasteiger partial charge in [0.25, 0.3) is 0 Å². The van der Waals surface area contributed by atoms with E-state index in [1.165, 1.54) is 17.0 Å². The summed E-state index contributed by atoms with van der Waals surface area (Å²) < 4.78 is 54.5. The van der Waals surface area contributed by atoms with Crippen LogP contribution in [0.3, 0.4) is 0 Å². The monoisotopic (exact) mass is 424 g/mol. The average molecular weight is 425 g/mol. The Morgan fingerprint density at radius 1 is 1.39 bits per heavy atom. The summed E-state index contributed by atoms with van der Waals surface area (Å²) in [7, 11) is 0. The number of alkyl halides is 3. The van der Waals surface area contributed by atoms with Gasteiger partial charge in [-0.2, -0.15) is 13.2 Å². The summed E-state index contributed by atoms with van der Waals surface area (Å²) in [5, 5.41) is 2.41. The van der Waals surface area contributed by atoms with Crippen molar-refractivity contribution in [2.75, 3.05) is 19.8 Å². The lowest BCUT2D eigenvalue weighted by atomic mass is 9.92. The third kappa shape index (κ3) is 5.57. The fraction of sp³-hybridized carbons (Fsp3) is 0.556. The number of rotatable bonds is 7. The number of likely N-dealkylation sites (tertiary alicyclic amines) is 1. The SMILES string of the molecule is CC(C)N1C(=O)C[C@@H](C(=O)NCCOCC(F)(F)F)[C@H]1c1ccc(Cl)c(F)c1. The van der Waals surface area contributed by atoms with Gasteiger partial charge in [0.2, 0.25) is 11.8 Å². The number of ether oxygens (including phenoxy) is 1. The molecule has 1 aliphatic rings. The van der Waals surface area contributed by atoms with E-state index in [-0.39, 0.29) is 36.5 Å². The van der Waals surface area contributed by atoms with Crippen LogP contribution >= 0.6 is 11.6 Å². The minimum absolute atomic E-state index is 0.0769. The van der Waals surface area contributed by atoms with Gasteiger partial charge in [-0.1, -0.05) is 17.7 Å². The fourth-order valence-corrected chi connectivity index (χ4v) is 3.37. The molecule has 0 aliphatic carbocycles. The van der Waals surface area contributed by atoms with Crippen LogP contribution in [-0.4, -0.2) is 48.7 Å². The minimum atomic E-state index is -4.44. The van der Waals surface area contributed by atoms with Gasteiger partial charge >= 0.3 is 6.18 Å². The van der Waals surface area contributed by atoms with Crippen LogP contribution in [0.1, 0.15) is 31.9 Å². The molecule has 1 saturated heterocycles. The number of carbonyl (C=O) groups excluding carboxylic acids is 2. The molecule has 1 aromatic rings. The maximum atomic E-state index is 13.9. The van der Waals surface area contributed by atoms with Gasteiger partial charge in [-0.05, 0) is 31.5 Å². The highest BCUT2D eigenvalue weighted by atomic mass is 35.5. The summed E-state index contributed by atoms with van der Waals surface area (Å²) in [6.07, 6.45) is -4.52. The molecule has 2 atom stereocenters. The van der Waals surface area contributed by atoms with Gasteiger partial charge in [0.15, 0.2) is 0 Å². The molecule has 28 heavy (non-hydrogen) atoms. The first-order valence-corrected chi connectivity index (χ1v) is 9.07. The Morgan fingerprint density at radius 2 is 2.07 bits per heavy atom. The van der Waals surface area contributed by atoms with Gasteiger partial charge in [-0.15, -0.1) is 0 Å². The van der Waals surface area contributed by atoms with E-state index < -0.39 is 36.5 Å². The molecule has 2 amide bonds. The van der Waals surface area contributed by atoms with Crippen LogP contribution in [0.2, 0.25) is 5.02 Å². The maximum Gasteiger partial charge on any atom is 0.411 e. The predicted octanol–water partition coefficient (Wildman–Crippen LogP) is 3.47. The zero-order valence-corrected chi connectivity index (χ0v) is 16.1. The number of amides is 2. The van der Waals surface area contributed by atoms with Crippen molar-refractivity contribution < 1.29 is 31.9 Å². The average Bonchev–Trinajstić information content (AvgIpc) is 2.93. The molecule has 5 nitrogen and oxygen atoms in total. The number of hydrogen-bond donors (Lipinski definition) is 1. The van der Waals surface area contributed by atoms with Crippen LogP contribution in [0.15, 0.2) is 18.2 Å². The van der Waals surface area contributed by atoms with E-state index in [2.05, 4.69) is 10.1 Å². The van der Waals surface area contributed by atoms with E-state index in [1.54, 1.807) is 19.9 Å². The molecule has 0 unspecified atom stereocenters. The number of nitrogens with zero attached hydrogens (tertiary/aromatic N) is 1. The second-order valence-corrected chi connectivity index (χ2v) is 7.19. The van der Waals surface area contributed by atoms with Crippen LogP contribution < -0.4 is 5.32 Å². The molecule has 0 aromatic heterocycles. The molecular weight excluding hydrogens is 404 g/mol. The molecule has 1 aromatic carbocycles. The lowest BCUT2D eigenvalue weighted by Gasteiger charge is -2.31. The van der Waals surface area contributed by atoms with Gasteiger partial charge in [0.1, 0.15) is 12.4 Å². The molecule has 0 spiro atoms. The van der Waals surface area contributed by atoms with Crippen LogP contribution in [-0.2, 0) is 14.3 Å². The third-order valence-electron chi connectivity index (χ3n) is 4.35. The van der Waals surface area contributed by atoms with Gasteiger partial charge in [0.05, 0.1) is 23.6 Å². The Balaban J connectivity index is 2.11. The van der Waals surface area contributed by atoms with E-state index in [9.17, 15) is 27.2 Å². The molecule has 10 heteroatoms. The summed E-state index contributed by atoms with van der Waals surface area (Å²) >= 11 is 5.72. The van der Waals surface area contributed by atoms with Crippen molar-refractivity contribution >= 4 is 23.4 Å². The quantitative estimate of drug-likeness (QED) is 0.538. The lowest BCUT2D eigenvalue weighted by Crippen LogP contribution is -2.39. The smallest absolute Gasteiger partial charge is 0.370 e. The van der Waals surface area contributed by atoms with E-state index in [0.29, 0.717) is 5.56 Å². The lowest BCUT2D eigenvalue weighted by molar-refractivity contribution is -0.173. The number of halogens is 5. The van der Waals surface area contributed by atoms with Crippen molar-refractivity contribution in [1.29, 1.82) is 0 Å². The van der Waals surface area contributed by atoms with Crippen LogP contribution in [0.4, 0.5) is 17.6 Å². The normalized spacial score (nSPS) is 20.1. The molecule has 1 aliphatic heterocycles. The standard InChI is InChI=1S/C18H21ClF4N2O3/c1-10(2)25-15(26)8-12(16(25)11-3-4-13(19)14(20)7-11)17(27)24-5-6-28-9-18(21,22)23/h3-4,7,10,12,16H,5-6,8-9H2,1-2H3,(H,24,27)/t12-,16-/m1/s1. The second-order valence-electron chi connectivity index (χ2n) is 6.78. The Hall–Kier alpha value is -1.87. The number of benzene rings is 1. The Kier molecular flexibility index (Phi) is 7.28. The third-order valence-corrected chi connectivity index (χ3v) is 4.66. The van der Waals surface area contributed by atoms with E-state index in [4.69, 9.17) is 11.6 Å². The van der Waals surface area contributed by atoms with Gasteiger partial charge in [0, 0.05) is 19.0 Å². The van der Waals surface area contributed by atoms with Crippen LogP contribution in [0.5, 0.6) is 0 Å². The topological polar surface area (TPSA) is 58.6 Å². The molecule has 2 rings (SSSR count). The van der Waals surface area contributed by atoms with Crippen molar-refractivity contribution in [2.24, 2.45) is 5.92 Å². The summed E-state index contributed by atoms with van der Waals surface area (Å²) in [6, 6.07) is 3.16. The zero-order chi connectivity index (χ0) is 21.1. The van der Waals surface area contributed by atoms with Crippen molar-refractivity contribution in [2.45, 2.75) is 38.5 Å². The largest absolute Gasteiger partial charge is 0.411 e. The van der Waals surface area contributed by atoms with Crippen LogP contribution in [0.25, 0.3) is 0 Å². The summed E-state index contributed by atoms with van der Waals surface area (Å²) in [4.78, 5) is 26.5. The highest BCUT2D eigenvalue weighted by Gasteiger charge is 2.45. The van der Waals surface area contributed by atoms with Crippen LogP contribution in [0, 0.1) is 11.7 Å². The Morgan fingerprint density at radius 3 is 2.64 bits per heavy atom. The van der Waals surface area contributed by atoms with E-state index in [1.807, 2.05) is 0 Å². The van der Waals surface area contributed by atoms with E-state index in [0.717, 1.165) is 0 Å². The molecule has 0 saturated carbocycles. The highest BCUT2D eigenvalue weighted by molar-refractivity contribution is 6.30. The van der Waals surface area contributed by atoms with Crippen molar-refractivity contribution in [3.05, 3.63) is 34.6 Å². The Labute approximate surface area is 165 Å². The first kappa shape index (κ1) is 22.4. The fourth-order valence-electron chi connectivity index (χ4n) is 3.25. The van der Waals surface area contributed by atoms with Gasteiger partial charge < -0.3 is 15.0 Å². The number of carbonyl (C=O) groups is 2. The highest BCUT2D eigenvalue weighted by Crippen LogP contribution is 2.40. The molecule has 1 N–H and O–H groups in total. The summed E-state index contributed by atoms with van der Waals surface area (Å²) in [5.74, 6) is -2.24. The van der Waals surface area contributed by atoms with E-state index >= 15 is 0 Å². The predicted molar refractivity (Wildman–Crippen MR) is 94.1 cm³/mol. The minimum Gasteiger partial charge on any atom is -0.370 e. The molecular formula is C18H21ClF4N2O3. The second kappa shape index (κ2) is 9.09. The molecule has 156 valence electrons. The number of hydrogen-bond acceptors (Lipinski definition) is 3. The number of nitrogens with one attached hydrogen (secondary N) is 1. The first-order chi connectivity index (χ1) is 13.0. The van der Waals surface area contributed by atoms with Crippen molar-refractivity contribution in [3.63, 3.8) is 0 Å². The van der Waals surface area contributed by atoms with Gasteiger partial charge in [-0.3, -0.25) is 9.59 Å². The molecule has 1 heterocycles. The molecule has 0 radical (unpaired) electrons. The summed E-state index contributed by atoms with van der Waals surface area (Å²) in [6.45, 7) is 1.70. The molecule has 0 bridgehead atoms. The zero-order valence-electron chi connectivity index (χ0n) is 15.4. The maximum absolute atomic E-state index is 13.9. The first-order valence-electron chi connectivity index (χ1n) is 8.69. The molecule has 1 fully saturated rings. The van der Waals surface area contributed by atoms with Gasteiger partial charge in [-0.25, -0.2) is 4.39 Å². The Bertz CT molecular complexity index is 727. The van der Waals surface area contributed by atoms with Crippen molar-refractivity contribution in [3.8, 4) is 0 Å². The van der Waals surface area contributed by atoms with Crippen molar-refractivity contribution in [1.82, 2.24) is 10.2 Å².